The van der Waals surface area contributed by atoms with Gasteiger partial charge in [-0.25, -0.2) is 9.59 Å². The topological polar surface area (TPSA) is 114 Å². The van der Waals surface area contributed by atoms with E-state index in [-0.39, 0.29) is 17.9 Å². The zero-order valence-electron chi connectivity index (χ0n) is 18.6. The minimum atomic E-state index is -0.988. The van der Waals surface area contributed by atoms with Gasteiger partial charge in [0.15, 0.2) is 11.5 Å². The Bertz CT molecular complexity index is 758. The van der Waals surface area contributed by atoms with Crippen LogP contribution in [0.15, 0.2) is 18.2 Å². The van der Waals surface area contributed by atoms with Crippen LogP contribution in [0.2, 0.25) is 0 Å². The molecule has 0 aliphatic rings. The maximum Gasteiger partial charge on any atom is 0.410 e. The van der Waals surface area contributed by atoms with Crippen LogP contribution in [0.4, 0.5) is 4.79 Å². The molecule has 30 heavy (non-hydrogen) atoms. The number of ether oxygens (including phenoxy) is 3. The van der Waals surface area contributed by atoms with Crippen molar-refractivity contribution in [2.45, 2.75) is 58.2 Å². The highest BCUT2D eigenvalue weighted by Gasteiger charge is 2.32. The Kier molecular flexibility index (Phi) is 8.94. The number of phenolic OH excluding ortho intramolecular Hbond substituents is 1. The van der Waals surface area contributed by atoms with Gasteiger partial charge in [-0.3, -0.25) is 9.69 Å². The summed E-state index contributed by atoms with van der Waals surface area (Å²) < 4.78 is 15.2. The van der Waals surface area contributed by atoms with Crippen molar-refractivity contribution in [3.63, 3.8) is 0 Å². The lowest BCUT2D eigenvalue weighted by Crippen LogP contribution is -2.53. The van der Waals surface area contributed by atoms with Crippen molar-refractivity contribution in [1.82, 2.24) is 10.2 Å². The van der Waals surface area contributed by atoms with Gasteiger partial charge in [-0.05, 0) is 44.9 Å². The second kappa shape index (κ2) is 10.7. The molecule has 0 saturated heterocycles. The molecule has 0 heterocycles. The quantitative estimate of drug-likeness (QED) is 0.615. The van der Waals surface area contributed by atoms with Crippen LogP contribution < -0.4 is 10.1 Å². The lowest BCUT2D eigenvalue weighted by Gasteiger charge is -2.30. The molecule has 0 unspecified atom stereocenters. The molecule has 0 fully saturated rings. The maximum absolute atomic E-state index is 12.9. The number of aromatic hydroxyl groups is 1. The molecular weight excluding hydrogens is 392 g/mol. The highest BCUT2D eigenvalue weighted by atomic mass is 16.6. The Hall–Kier alpha value is -2.97. The lowest BCUT2D eigenvalue weighted by atomic mass is 10.0. The number of likely N-dealkylation sites (N-methyl/N-ethyl adjacent to an activating group) is 1. The molecule has 0 aromatic heterocycles. The number of hydrogen-bond acceptors (Lipinski definition) is 7. The van der Waals surface area contributed by atoms with Crippen molar-refractivity contribution in [2.24, 2.45) is 0 Å². The zero-order chi connectivity index (χ0) is 23.1. The Labute approximate surface area is 177 Å². The van der Waals surface area contributed by atoms with Gasteiger partial charge in [0.2, 0.25) is 5.91 Å². The van der Waals surface area contributed by atoms with E-state index in [9.17, 15) is 19.5 Å². The summed E-state index contributed by atoms with van der Waals surface area (Å²) in [5.74, 6) is -0.930. The van der Waals surface area contributed by atoms with Crippen LogP contribution in [-0.4, -0.2) is 66.9 Å². The van der Waals surface area contributed by atoms with E-state index in [4.69, 9.17) is 14.2 Å². The van der Waals surface area contributed by atoms with Crippen LogP contribution in [0, 0.1) is 0 Å². The Morgan fingerprint density at radius 2 is 1.83 bits per heavy atom. The third-order valence-corrected chi connectivity index (χ3v) is 4.32. The SMILES string of the molecule is CC[C@@H](C(=O)N[C@@H](Cc1ccc(O)c(OC)c1)C(=O)OC)N(C)C(=O)OC(C)(C)C. The number of nitrogens with one attached hydrogen (secondary N) is 1. The van der Waals surface area contributed by atoms with E-state index in [0.717, 1.165) is 0 Å². The fourth-order valence-corrected chi connectivity index (χ4v) is 2.78. The summed E-state index contributed by atoms with van der Waals surface area (Å²) in [4.78, 5) is 38.6. The maximum atomic E-state index is 12.9. The number of carbonyl (C=O) groups excluding carboxylic acids is 3. The fourth-order valence-electron chi connectivity index (χ4n) is 2.78. The molecule has 2 atom stereocenters. The van der Waals surface area contributed by atoms with Crippen LogP contribution in [0.5, 0.6) is 11.5 Å². The Morgan fingerprint density at radius 1 is 1.20 bits per heavy atom. The standard InChI is InChI=1S/C21H32N2O7/c1-8-15(23(5)20(27)30-21(2,3)4)18(25)22-14(19(26)29-7)11-13-9-10-16(24)17(12-13)28-6/h9-10,12,14-15,24H,8,11H2,1-7H3,(H,22,25)/t14-,15-/m0/s1. The number of hydrogen-bond donors (Lipinski definition) is 2. The highest BCUT2D eigenvalue weighted by Crippen LogP contribution is 2.27. The number of esters is 1. The smallest absolute Gasteiger partial charge is 0.410 e. The second-order valence-electron chi connectivity index (χ2n) is 7.81. The third kappa shape index (κ3) is 7.13. The van der Waals surface area contributed by atoms with Gasteiger partial charge in [-0.1, -0.05) is 13.0 Å². The molecule has 2 amide bonds. The van der Waals surface area contributed by atoms with E-state index in [1.165, 1.54) is 32.2 Å². The molecule has 0 radical (unpaired) electrons. The summed E-state index contributed by atoms with van der Waals surface area (Å²) in [6.45, 7) is 6.96. The number of rotatable bonds is 8. The molecule has 1 rings (SSSR count). The largest absolute Gasteiger partial charge is 0.504 e. The second-order valence-corrected chi connectivity index (χ2v) is 7.81. The predicted molar refractivity (Wildman–Crippen MR) is 110 cm³/mol. The van der Waals surface area contributed by atoms with Crippen LogP contribution in [0.25, 0.3) is 0 Å². The van der Waals surface area contributed by atoms with Crippen LogP contribution in [-0.2, 0) is 25.5 Å². The number of phenols is 1. The monoisotopic (exact) mass is 424 g/mol. The lowest BCUT2D eigenvalue weighted by molar-refractivity contribution is -0.145. The predicted octanol–water partition coefficient (Wildman–Crippen LogP) is 2.25. The van der Waals surface area contributed by atoms with Crippen molar-refractivity contribution >= 4 is 18.0 Å². The van der Waals surface area contributed by atoms with E-state index in [2.05, 4.69) is 5.32 Å². The molecule has 2 N–H and O–H groups in total. The third-order valence-electron chi connectivity index (χ3n) is 4.32. The van der Waals surface area contributed by atoms with Crippen LogP contribution >= 0.6 is 0 Å². The molecule has 9 heteroatoms. The van der Waals surface area contributed by atoms with Crippen molar-refractivity contribution in [3.05, 3.63) is 23.8 Å². The molecule has 1 aromatic rings. The summed E-state index contributed by atoms with van der Waals surface area (Å²) in [5.41, 5.74) is -0.0547. The van der Waals surface area contributed by atoms with Gasteiger partial charge in [0.25, 0.3) is 0 Å². The average Bonchev–Trinajstić information content (AvgIpc) is 2.67. The van der Waals surface area contributed by atoms with E-state index in [1.807, 2.05) is 0 Å². The molecule has 9 nitrogen and oxygen atoms in total. The van der Waals surface area contributed by atoms with Crippen LogP contribution in [0.1, 0.15) is 39.7 Å². The van der Waals surface area contributed by atoms with Gasteiger partial charge < -0.3 is 24.6 Å². The van der Waals surface area contributed by atoms with Crippen LogP contribution in [0.3, 0.4) is 0 Å². The number of nitrogens with zero attached hydrogens (tertiary/aromatic N) is 1. The molecule has 0 aliphatic carbocycles. The van der Waals surface area contributed by atoms with Gasteiger partial charge in [0.1, 0.15) is 17.7 Å². The van der Waals surface area contributed by atoms with Crippen molar-refractivity contribution in [2.75, 3.05) is 21.3 Å². The molecule has 168 valence electrons. The molecule has 1 aromatic carbocycles. The molecular formula is C21H32N2O7. The van der Waals surface area contributed by atoms with Gasteiger partial charge in [0, 0.05) is 13.5 Å². The first-order valence-electron chi connectivity index (χ1n) is 9.63. The number of methoxy groups -OCH3 is 2. The van der Waals surface area contributed by atoms with Gasteiger partial charge in [0.05, 0.1) is 14.2 Å². The fraction of sp³-hybridized carbons (Fsp3) is 0.571. The van der Waals surface area contributed by atoms with E-state index >= 15 is 0 Å². The zero-order valence-corrected chi connectivity index (χ0v) is 18.6. The molecule has 0 spiro atoms. The first kappa shape index (κ1) is 25.1. The van der Waals surface area contributed by atoms with Crippen molar-refractivity contribution in [1.29, 1.82) is 0 Å². The number of benzene rings is 1. The minimum absolute atomic E-state index is 0.0371. The molecule has 0 aliphatic heterocycles. The number of amides is 2. The average molecular weight is 424 g/mol. The summed E-state index contributed by atoms with van der Waals surface area (Å²) in [5, 5.41) is 12.4. The Morgan fingerprint density at radius 3 is 2.33 bits per heavy atom. The van der Waals surface area contributed by atoms with Crippen molar-refractivity contribution in [3.8, 4) is 11.5 Å². The van der Waals surface area contributed by atoms with Gasteiger partial charge in [-0.2, -0.15) is 0 Å². The van der Waals surface area contributed by atoms with E-state index in [1.54, 1.807) is 39.8 Å². The van der Waals surface area contributed by atoms with Crippen molar-refractivity contribution < 1.29 is 33.7 Å². The summed E-state index contributed by atoms with van der Waals surface area (Å²) in [6.07, 6.45) is -0.202. The minimum Gasteiger partial charge on any atom is -0.504 e. The summed E-state index contributed by atoms with van der Waals surface area (Å²) in [7, 11) is 4.11. The Balaban J connectivity index is 2.99. The first-order chi connectivity index (χ1) is 13.9. The summed E-state index contributed by atoms with van der Waals surface area (Å²) >= 11 is 0. The summed E-state index contributed by atoms with van der Waals surface area (Å²) in [6, 6.07) is 2.81. The normalized spacial score (nSPS) is 13.0. The van der Waals surface area contributed by atoms with Gasteiger partial charge in [-0.15, -0.1) is 0 Å². The number of carbonyl (C=O) groups is 3. The van der Waals surface area contributed by atoms with Gasteiger partial charge >= 0.3 is 12.1 Å². The highest BCUT2D eigenvalue weighted by molar-refractivity contribution is 5.89. The first-order valence-corrected chi connectivity index (χ1v) is 9.63. The van der Waals surface area contributed by atoms with E-state index in [0.29, 0.717) is 12.0 Å². The van der Waals surface area contributed by atoms with E-state index < -0.39 is 35.7 Å². The molecule has 0 bridgehead atoms. The molecule has 0 saturated carbocycles.